The van der Waals surface area contributed by atoms with E-state index in [2.05, 4.69) is 17.2 Å². The van der Waals surface area contributed by atoms with Crippen LogP contribution in [0.4, 0.5) is 11.6 Å². The Morgan fingerprint density at radius 3 is 2.69 bits per heavy atom. The number of hydrogen-bond acceptors (Lipinski definition) is 3. The van der Waals surface area contributed by atoms with E-state index in [0.29, 0.717) is 11.9 Å². The number of hydrogen-bond donors (Lipinski definition) is 2. The largest absolute Gasteiger partial charge is 0.384 e. The van der Waals surface area contributed by atoms with Crippen LogP contribution < -0.4 is 11.1 Å². The lowest BCUT2D eigenvalue weighted by Gasteiger charge is -2.28. The Balaban J connectivity index is 1.87. The standard InChI is InChI=1S/C13H21N3/c1-2-10-6-8-11(9-7-10)15-13-5-3-4-12(14)16-13/h3-5,10-11H,2,6-9H2,1H3,(H3,14,15,16). The predicted molar refractivity (Wildman–Crippen MR) is 68.3 cm³/mol. The van der Waals surface area contributed by atoms with Crippen LogP contribution in [0.3, 0.4) is 0 Å². The molecular formula is C13H21N3. The molecule has 16 heavy (non-hydrogen) atoms. The van der Waals surface area contributed by atoms with Crippen LogP contribution >= 0.6 is 0 Å². The summed E-state index contributed by atoms with van der Waals surface area (Å²) >= 11 is 0. The molecule has 0 saturated heterocycles. The molecular weight excluding hydrogens is 198 g/mol. The number of nitrogens with one attached hydrogen (secondary N) is 1. The third-order valence-corrected chi connectivity index (χ3v) is 3.55. The Labute approximate surface area is 97.5 Å². The number of aromatic nitrogens is 1. The van der Waals surface area contributed by atoms with Gasteiger partial charge in [-0.2, -0.15) is 0 Å². The third-order valence-electron chi connectivity index (χ3n) is 3.55. The molecule has 3 N–H and O–H groups in total. The minimum absolute atomic E-state index is 0.581. The van der Waals surface area contributed by atoms with Crippen molar-refractivity contribution < 1.29 is 0 Å². The van der Waals surface area contributed by atoms with Gasteiger partial charge in [-0.1, -0.05) is 19.4 Å². The summed E-state index contributed by atoms with van der Waals surface area (Å²) in [6.45, 7) is 2.29. The molecule has 0 bridgehead atoms. The number of nitrogens with two attached hydrogens (primary N) is 1. The fraction of sp³-hybridized carbons (Fsp3) is 0.615. The van der Waals surface area contributed by atoms with Gasteiger partial charge in [0.25, 0.3) is 0 Å². The maximum Gasteiger partial charge on any atom is 0.128 e. The first-order valence-electron chi connectivity index (χ1n) is 6.27. The zero-order chi connectivity index (χ0) is 11.4. The topological polar surface area (TPSA) is 50.9 Å². The Morgan fingerprint density at radius 1 is 1.31 bits per heavy atom. The van der Waals surface area contributed by atoms with Crippen LogP contribution in [-0.4, -0.2) is 11.0 Å². The fourth-order valence-electron chi connectivity index (χ4n) is 2.46. The molecule has 0 amide bonds. The minimum Gasteiger partial charge on any atom is -0.384 e. The molecule has 1 fully saturated rings. The summed E-state index contributed by atoms with van der Waals surface area (Å²) in [5.41, 5.74) is 5.66. The van der Waals surface area contributed by atoms with Crippen molar-refractivity contribution in [2.75, 3.05) is 11.1 Å². The van der Waals surface area contributed by atoms with E-state index >= 15 is 0 Å². The lowest BCUT2D eigenvalue weighted by Crippen LogP contribution is -2.26. The fourth-order valence-corrected chi connectivity index (χ4v) is 2.46. The highest BCUT2D eigenvalue weighted by Gasteiger charge is 2.19. The van der Waals surface area contributed by atoms with Crippen molar-refractivity contribution >= 4 is 11.6 Å². The Kier molecular flexibility index (Phi) is 3.65. The number of rotatable bonds is 3. The molecule has 1 aromatic heterocycles. The zero-order valence-electron chi connectivity index (χ0n) is 9.95. The van der Waals surface area contributed by atoms with E-state index < -0.39 is 0 Å². The molecule has 0 aliphatic heterocycles. The summed E-state index contributed by atoms with van der Waals surface area (Å²) in [6, 6.07) is 6.33. The van der Waals surface area contributed by atoms with E-state index in [-0.39, 0.29) is 0 Å². The maximum atomic E-state index is 5.66. The molecule has 88 valence electrons. The van der Waals surface area contributed by atoms with Crippen molar-refractivity contribution in [3.05, 3.63) is 18.2 Å². The van der Waals surface area contributed by atoms with Crippen molar-refractivity contribution in [1.29, 1.82) is 0 Å². The molecule has 0 unspecified atom stereocenters. The highest BCUT2D eigenvalue weighted by Crippen LogP contribution is 2.28. The average Bonchev–Trinajstić information content (AvgIpc) is 2.30. The van der Waals surface area contributed by atoms with Crippen molar-refractivity contribution in [2.24, 2.45) is 5.92 Å². The van der Waals surface area contributed by atoms with E-state index in [4.69, 9.17) is 5.73 Å². The molecule has 3 nitrogen and oxygen atoms in total. The van der Waals surface area contributed by atoms with Gasteiger partial charge in [-0.05, 0) is 43.7 Å². The molecule has 1 heterocycles. The van der Waals surface area contributed by atoms with Gasteiger partial charge in [0, 0.05) is 6.04 Å². The normalized spacial score (nSPS) is 25.3. The van der Waals surface area contributed by atoms with Gasteiger partial charge in [0.05, 0.1) is 0 Å². The van der Waals surface area contributed by atoms with Crippen LogP contribution in [0.5, 0.6) is 0 Å². The molecule has 1 aliphatic rings. The van der Waals surface area contributed by atoms with Crippen LogP contribution in [0.1, 0.15) is 39.0 Å². The molecule has 3 heteroatoms. The van der Waals surface area contributed by atoms with Crippen molar-refractivity contribution in [3.63, 3.8) is 0 Å². The Morgan fingerprint density at radius 2 is 2.06 bits per heavy atom. The summed E-state index contributed by atoms with van der Waals surface area (Å²) < 4.78 is 0. The van der Waals surface area contributed by atoms with Crippen LogP contribution in [-0.2, 0) is 0 Å². The molecule has 0 radical (unpaired) electrons. The molecule has 2 rings (SSSR count). The van der Waals surface area contributed by atoms with Gasteiger partial charge in [0.15, 0.2) is 0 Å². The number of anilines is 2. The van der Waals surface area contributed by atoms with E-state index in [1.807, 2.05) is 18.2 Å². The van der Waals surface area contributed by atoms with Gasteiger partial charge >= 0.3 is 0 Å². The molecule has 0 aromatic carbocycles. The highest BCUT2D eigenvalue weighted by atomic mass is 15.0. The smallest absolute Gasteiger partial charge is 0.128 e. The summed E-state index contributed by atoms with van der Waals surface area (Å²) in [7, 11) is 0. The van der Waals surface area contributed by atoms with E-state index in [1.165, 1.54) is 32.1 Å². The summed E-state index contributed by atoms with van der Waals surface area (Å²) in [5, 5.41) is 3.48. The van der Waals surface area contributed by atoms with E-state index in [0.717, 1.165) is 11.7 Å². The van der Waals surface area contributed by atoms with E-state index in [1.54, 1.807) is 0 Å². The Bertz CT molecular complexity index is 330. The quantitative estimate of drug-likeness (QED) is 0.821. The molecule has 1 aliphatic carbocycles. The predicted octanol–water partition coefficient (Wildman–Crippen LogP) is 3.04. The molecule has 0 atom stereocenters. The lowest BCUT2D eigenvalue weighted by molar-refractivity contribution is 0.330. The van der Waals surface area contributed by atoms with Crippen LogP contribution in [0.25, 0.3) is 0 Å². The van der Waals surface area contributed by atoms with Crippen LogP contribution in [0.2, 0.25) is 0 Å². The van der Waals surface area contributed by atoms with Crippen LogP contribution in [0, 0.1) is 5.92 Å². The number of nitrogen functional groups attached to an aromatic ring is 1. The van der Waals surface area contributed by atoms with E-state index in [9.17, 15) is 0 Å². The van der Waals surface area contributed by atoms with Gasteiger partial charge in [0.2, 0.25) is 0 Å². The summed E-state index contributed by atoms with van der Waals surface area (Å²) in [4.78, 5) is 4.27. The second-order valence-corrected chi connectivity index (χ2v) is 4.72. The second kappa shape index (κ2) is 5.19. The zero-order valence-corrected chi connectivity index (χ0v) is 9.95. The minimum atomic E-state index is 0.581. The Hall–Kier alpha value is -1.25. The second-order valence-electron chi connectivity index (χ2n) is 4.72. The van der Waals surface area contributed by atoms with Gasteiger partial charge < -0.3 is 11.1 Å². The number of pyridine rings is 1. The summed E-state index contributed by atoms with van der Waals surface area (Å²) in [6.07, 6.45) is 6.53. The third kappa shape index (κ3) is 2.87. The first-order valence-corrected chi connectivity index (χ1v) is 6.27. The lowest BCUT2D eigenvalue weighted by atomic mass is 9.84. The SMILES string of the molecule is CCC1CCC(Nc2cccc(N)n2)CC1. The van der Waals surface area contributed by atoms with Crippen LogP contribution in [0.15, 0.2) is 18.2 Å². The first-order chi connectivity index (χ1) is 7.78. The van der Waals surface area contributed by atoms with Gasteiger partial charge in [-0.25, -0.2) is 4.98 Å². The first kappa shape index (κ1) is 11.2. The molecule has 1 saturated carbocycles. The van der Waals surface area contributed by atoms with Crippen molar-refractivity contribution in [2.45, 2.75) is 45.1 Å². The summed E-state index contributed by atoms with van der Waals surface area (Å²) in [5.74, 6) is 2.44. The monoisotopic (exact) mass is 219 g/mol. The van der Waals surface area contributed by atoms with Gasteiger partial charge in [-0.15, -0.1) is 0 Å². The van der Waals surface area contributed by atoms with Crippen molar-refractivity contribution in [1.82, 2.24) is 4.98 Å². The average molecular weight is 219 g/mol. The number of nitrogens with zero attached hydrogens (tertiary/aromatic N) is 1. The molecule has 0 spiro atoms. The molecule has 1 aromatic rings. The maximum absolute atomic E-state index is 5.66. The van der Waals surface area contributed by atoms with Gasteiger partial charge in [-0.3, -0.25) is 0 Å². The van der Waals surface area contributed by atoms with Crippen molar-refractivity contribution in [3.8, 4) is 0 Å². The highest BCUT2D eigenvalue weighted by molar-refractivity contribution is 5.42. The van der Waals surface area contributed by atoms with Gasteiger partial charge in [0.1, 0.15) is 11.6 Å².